The van der Waals surface area contributed by atoms with E-state index in [1.54, 1.807) is 25.1 Å². The Morgan fingerprint density at radius 3 is 2.45 bits per heavy atom. The third kappa shape index (κ3) is 4.84. The van der Waals surface area contributed by atoms with Crippen molar-refractivity contribution in [3.63, 3.8) is 0 Å². The fourth-order valence-electron chi connectivity index (χ4n) is 2.66. The minimum Gasteiger partial charge on any atom is -0.451 e. The summed E-state index contributed by atoms with van der Waals surface area (Å²) in [5.74, 6) is -0.789. The SMILES string of the molecule is CCNC(=O)c1cccc(NC(=O)c2ccc(-c3cccc(C(F)(F)F)c3)o2)c1. The predicted octanol–water partition coefficient (Wildman–Crippen LogP) is 4.97. The topological polar surface area (TPSA) is 71.3 Å². The Balaban J connectivity index is 1.77. The van der Waals surface area contributed by atoms with Gasteiger partial charge in [-0.25, -0.2) is 0 Å². The zero-order valence-corrected chi connectivity index (χ0v) is 15.3. The van der Waals surface area contributed by atoms with Crippen molar-refractivity contribution >= 4 is 17.5 Å². The van der Waals surface area contributed by atoms with Gasteiger partial charge in [-0.05, 0) is 49.4 Å². The fourth-order valence-corrected chi connectivity index (χ4v) is 2.66. The van der Waals surface area contributed by atoms with Crippen LogP contribution in [0, 0.1) is 0 Å². The summed E-state index contributed by atoms with van der Waals surface area (Å²) >= 11 is 0. The molecule has 0 aliphatic rings. The van der Waals surface area contributed by atoms with Crippen LogP contribution in [-0.4, -0.2) is 18.4 Å². The molecule has 5 nitrogen and oxygen atoms in total. The van der Waals surface area contributed by atoms with Crippen molar-refractivity contribution in [3.05, 3.63) is 77.6 Å². The van der Waals surface area contributed by atoms with Crippen LogP contribution in [0.15, 0.2) is 65.1 Å². The van der Waals surface area contributed by atoms with Crippen LogP contribution in [0.1, 0.15) is 33.4 Å². The number of anilines is 1. The molecule has 1 aromatic heterocycles. The zero-order chi connectivity index (χ0) is 21.0. The van der Waals surface area contributed by atoms with Crippen LogP contribution in [-0.2, 0) is 6.18 Å². The van der Waals surface area contributed by atoms with Gasteiger partial charge in [-0.15, -0.1) is 0 Å². The summed E-state index contributed by atoms with van der Waals surface area (Å²) in [6.45, 7) is 2.27. The number of amides is 2. The van der Waals surface area contributed by atoms with Crippen LogP contribution < -0.4 is 10.6 Å². The number of nitrogens with one attached hydrogen (secondary N) is 2. The second-order valence-corrected chi connectivity index (χ2v) is 6.14. The molecule has 0 saturated heterocycles. The van der Waals surface area contributed by atoms with Crippen molar-refractivity contribution in [3.8, 4) is 11.3 Å². The number of alkyl halides is 3. The molecule has 3 aromatic rings. The summed E-state index contributed by atoms with van der Waals surface area (Å²) < 4.78 is 44.1. The van der Waals surface area contributed by atoms with Gasteiger partial charge < -0.3 is 15.1 Å². The second kappa shape index (κ2) is 8.22. The van der Waals surface area contributed by atoms with Crippen molar-refractivity contribution in [2.24, 2.45) is 0 Å². The first-order valence-electron chi connectivity index (χ1n) is 8.75. The Morgan fingerprint density at radius 2 is 1.72 bits per heavy atom. The summed E-state index contributed by atoms with van der Waals surface area (Å²) in [5.41, 5.74) is 0.168. The van der Waals surface area contributed by atoms with Gasteiger partial charge in [-0.2, -0.15) is 13.2 Å². The van der Waals surface area contributed by atoms with Gasteiger partial charge in [0.05, 0.1) is 5.56 Å². The minimum absolute atomic E-state index is 0.0687. The maximum Gasteiger partial charge on any atom is 0.416 e. The number of carbonyl (C=O) groups excluding carboxylic acids is 2. The summed E-state index contributed by atoms with van der Waals surface area (Å²) in [7, 11) is 0. The molecular weight excluding hydrogens is 385 g/mol. The molecule has 2 N–H and O–H groups in total. The largest absolute Gasteiger partial charge is 0.451 e. The molecule has 0 unspecified atom stereocenters. The van der Waals surface area contributed by atoms with Gasteiger partial charge >= 0.3 is 6.18 Å². The molecular formula is C21H17F3N2O3. The highest BCUT2D eigenvalue weighted by atomic mass is 19.4. The molecule has 3 rings (SSSR count). The molecule has 0 atom stereocenters. The minimum atomic E-state index is -4.47. The van der Waals surface area contributed by atoms with Gasteiger partial charge in [0.1, 0.15) is 5.76 Å². The van der Waals surface area contributed by atoms with Crippen molar-refractivity contribution in [1.29, 1.82) is 0 Å². The molecule has 2 aromatic carbocycles. The predicted molar refractivity (Wildman–Crippen MR) is 102 cm³/mol. The quantitative estimate of drug-likeness (QED) is 0.633. The molecule has 0 aliphatic carbocycles. The number of carbonyl (C=O) groups is 2. The fraction of sp³-hybridized carbons (Fsp3) is 0.143. The Labute approximate surface area is 164 Å². The lowest BCUT2D eigenvalue weighted by Crippen LogP contribution is -2.22. The average Bonchev–Trinajstić information content (AvgIpc) is 3.18. The van der Waals surface area contributed by atoms with Gasteiger partial charge in [0, 0.05) is 23.4 Å². The Bertz CT molecular complexity index is 1040. The molecule has 8 heteroatoms. The highest BCUT2D eigenvalue weighted by Crippen LogP contribution is 2.32. The number of benzene rings is 2. The van der Waals surface area contributed by atoms with Crippen LogP contribution in [0.2, 0.25) is 0 Å². The lowest BCUT2D eigenvalue weighted by molar-refractivity contribution is -0.137. The van der Waals surface area contributed by atoms with E-state index in [9.17, 15) is 22.8 Å². The monoisotopic (exact) mass is 402 g/mol. The van der Waals surface area contributed by atoms with Crippen molar-refractivity contribution in [2.45, 2.75) is 13.1 Å². The summed E-state index contributed by atoms with van der Waals surface area (Å²) in [4.78, 5) is 24.3. The third-order valence-electron chi connectivity index (χ3n) is 4.02. The van der Waals surface area contributed by atoms with E-state index in [4.69, 9.17) is 4.42 Å². The number of halogens is 3. The van der Waals surface area contributed by atoms with Gasteiger partial charge in [0.2, 0.25) is 0 Å². The highest BCUT2D eigenvalue weighted by molar-refractivity contribution is 6.03. The molecule has 0 radical (unpaired) electrons. The van der Waals surface area contributed by atoms with Crippen molar-refractivity contribution in [1.82, 2.24) is 5.32 Å². The molecule has 0 saturated carbocycles. The first-order valence-corrected chi connectivity index (χ1v) is 8.75. The lowest BCUT2D eigenvalue weighted by Gasteiger charge is -2.07. The maximum atomic E-state index is 12.9. The number of hydrogen-bond acceptors (Lipinski definition) is 3. The zero-order valence-electron chi connectivity index (χ0n) is 15.3. The first kappa shape index (κ1) is 20.2. The summed E-state index contributed by atoms with van der Waals surface area (Å²) in [6, 6.07) is 13.8. The van der Waals surface area contributed by atoms with Gasteiger partial charge in [0.15, 0.2) is 5.76 Å². The van der Waals surface area contributed by atoms with E-state index >= 15 is 0 Å². The van der Waals surface area contributed by atoms with E-state index < -0.39 is 17.6 Å². The van der Waals surface area contributed by atoms with E-state index in [0.717, 1.165) is 12.1 Å². The van der Waals surface area contributed by atoms with Crippen molar-refractivity contribution < 1.29 is 27.2 Å². The summed E-state index contributed by atoms with van der Waals surface area (Å²) in [5, 5.41) is 5.26. The molecule has 2 amide bonds. The van der Waals surface area contributed by atoms with Crippen LogP contribution in [0.5, 0.6) is 0 Å². The van der Waals surface area contributed by atoms with E-state index in [2.05, 4.69) is 10.6 Å². The number of rotatable bonds is 5. The van der Waals surface area contributed by atoms with E-state index in [1.165, 1.54) is 30.3 Å². The van der Waals surface area contributed by atoms with E-state index in [1.807, 2.05) is 0 Å². The molecule has 0 spiro atoms. The Hall–Kier alpha value is -3.55. The first-order chi connectivity index (χ1) is 13.8. The lowest BCUT2D eigenvalue weighted by atomic mass is 10.1. The highest BCUT2D eigenvalue weighted by Gasteiger charge is 2.30. The molecule has 0 aliphatic heterocycles. The van der Waals surface area contributed by atoms with Crippen molar-refractivity contribution in [2.75, 3.05) is 11.9 Å². The normalized spacial score (nSPS) is 11.2. The smallest absolute Gasteiger partial charge is 0.416 e. The van der Waals surface area contributed by atoms with Crippen LogP contribution >= 0.6 is 0 Å². The van der Waals surface area contributed by atoms with Gasteiger partial charge in [-0.1, -0.05) is 18.2 Å². The van der Waals surface area contributed by atoms with Gasteiger partial charge in [-0.3, -0.25) is 9.59 Å². The molecule has 29 heavy (non-hydrogen) atoms. The van der Waals surface area contributed by atoms with Crippen LogP contribution in [0.25, 0.3) is 11.3 Å². The second-order valence-electron chi connectivity index (χ2n) is 6.14. The average molecular weight is 402 g/mol. The molecule has 0 bridgehead atoms. The van der Waals surface area contributed by atoms with Crippen LogP contribution in [0.3, 0.4) is 0 Å². The maximum absolute atomic E-state index is 12.9. The van der Waals surface area contributed by atoms with E-state index in [0.29, 0.717) is 17.8 Å². The third-order valence-corrected chi connectivity index (χ3v) is 4.02. The number of hydrogen-bond donors (Lipinski definition) is 2. The standard InChI is InChI=1S/C21H17F3N2O3/c1-2-25-19(27)14-6-4-8-16(12-14)26-20(28)18-10-9-17(29-18)13-5-3-7-15(11-13)21(22,23)24/h3-12H,2H2,1H3,(H,25,27)(H,26,28). The summed E-state index contributed by atoms with van der Waals surface area (Å²) in [6.07, 6.45) is -4.47. The number of furan rings is 1. The molecule has 150 valence electrons. The Morgan fingerprint density at radius 1 is 0.966 bits per heavy atom. The van der Waals surface area contributed by atoms with E-state index in [-0.39, 0.29) is 23.0 Å². The molecule has 1 heterocycles. The van der Waals surface area contributed by atoms with Crippen LogP contribution in [0.4, 0.5) is 18.9 Å². The van der Waals surface area contributed by atoms with Gasteiger partial charge in [0.25, 0.3) is 11.8 Å². The molecule has 0 fully saturated rings. The Kier molecular flexibility index (Phi) is 5.72.